The van der Waals surface area contributed by atoms with Crippen LogP contribution in [-0.4, -0.2) is 60.4 Å². The normalized spacial score (nSPS) is 11.7. The van der Waals surface area contributed by atoms with Gasteiger partial charge in [0, 0.05) is 30.5 Å². The van der Waals surface area contributed by atoms with Crippen molar-refractivity contribution in [2.24, 2.45) is 5.73 Å². The van der Waals surface area contributed by atoms with Crippen molar-refractivity contribution in [3.8, 4) is 5.75 Å². The Hall–Kier alpha value is -5.25. The number of nitrogens with zero attached hydrogens (tertiary/aromatic N) is 1. The Morgan fingerprint density at radius 2 is 1.49 bits per heavy atom. The maximum Gasteiger partial charge on any atom is 0.343 e. The van der Waals surface area contributed by atoms with Crippen molar-refractivity contribution in [3.63, 3.8) is 0 Å². The third kappa shape index (κ3) is 10.5. The van der Waals surface area contributed by atoms with Crippen LogP contribution in [0.2, 0.25) is 0 Å². The quantitative estimate of drug-likeness (QED) is 0.0805. The summed E-state index contributed by atoms with van der Waals surface area (Å²) in [4.78, 5) is 53.2. The highest BCUT2D eigenvalue weighted by atomic mass is 16.5. The minimum Gasteiger partial charge on any atom is -0.466 e. The van der Waals surface area contributed by atoms with E-state index in [4.69, 9.17) is 25.4 Å². The molecule has 0 heterocycles. The van der Waals surface area contributed by atoms with E-state index in [-0.39, 0.29) is 50.3 Å². The van der Waals surface area contributed by atoms with Crippen LogP contribution in [0.3, 0.4) is 0 Å². The molecule has 0 aliphatic rings. The van der Waals surface area contributed by atoms with Gasteiger partial charge >= 0.3 is 17.9 Å². The first-order valence-corrected chi connectivity index (χ1v) is 14.7. The molecule has 0 saturated heterocycles. The molecular formula is C35H39N3O7. The molecule has 1 atom stereocenters. The van der Waals surface area contributed by atoms with Crippen LogP contribution in [0.15, 0.2) is 84.4 Å². The summed E-state index contributed by atoms with van der Waals surface area (Å²) in [5.74, 6) is -1.63. The van der Waals surface area contributed by atoms with Crippen LogP contribution in [0.4, 0.5) is 0 Å². The lowest BCUT2D eigenvalue weighted by molar-refractivity contribution is -0.154. The summed E-state index contributed by atoms with van der Waals surface area (Å²) in [5, 5.41) is 7.47. The van der Waals surface area contributed by atoms with Crippen LogP contribution >= 0.6 is 0 Å². The first-order valence-electron chi connectivity index (χ1n) is 14.7. The molecule has 0 saturated carbocycles. The third-order valence-corrected chi connectivity index (χ3v) is 6.80. The predicted octanol–water partition coefficient (Wildman–Crippen LogP) is 4.94. The highest BCUT2D eigenvalue weighted by Crippen LogP contribution is 2.19. The fourth-order valence-corrected chi connectivity index (χ4v) is 4.54. The zero-order valence-electron chi connectivity index (χ0n) is 25.8. The van der Waals surface area contributed by atoms with Gasteiger partial charge in [-0.1, -0.05) is 42.5 Å². The first kappa shape index (κ1) is 34.2. The maximum atomic E-state index is 13.9. The SMILES string of the molecule is CCOC(=O)CCCN(C(=O)/C(C)=C/c1ccc(C(=O)Oc2ccc(C(=N)N)cc2)cc1)[C@@H](Cc1ccccc1)C(=O)OCC. The summed E-state index contributed by atoms with van der Waals surface area (Å²) < 4.78 is 15.8. The lowest BCUT2D eigenvalue weighted by atomic mass is 10.0. The van der Waals surface area contributed by atoms with Gasteiger partial charge in [-0.25, -0.2) is 9.59 Å². The molecule has 0 aliphatic carbocycles. The van der Waals surface area contributed by atoms with Crippen LogP contribution in [0.5, 0.6) is 5.75 Å². The molecule has 10 heteroatoms. The summed E-state index contributed by atoms with van der Waals surface area (Å²) in [6, 6.07) is 21.3. The van der Waals surface area contributed by atoms with E-state index in [9.17, 15) is 19.2 Å². The van der Waals surface area contributed by atoms with Crippen molar-refractivity contribution in [3.05, 3.63) is 107 Å². The Morgan fingerprint density at radius 1 is 0.867 bits per heavy atom. The predicted molar refractivity (Wildman–Crippen MR) is 171 cm³/mol. The molecule has 10 nitrogen and oxygen atoms in total. The Balaban J connectivity index is 1.81. The summed E-state index contributed by atoms with van der Waals surface area (Å²) in [6.07, 6.45) is 2.31. The van der Waals surface area contributed by atoms with E-state index in [1.807, 2.05) is 30.3 Å². The van der Waals surface area contributed by atoms with Crippen LogP contribution < -0.4 is 10.5 Å². The van der Waals surface area contributed by atoms with Gasteiger partial charge in [0.25, 0.3) is 0 Å². The van der Waals surface area contributed by atoms with E-state index in [1.54, 1.807) is 75.4 Å². The van der Waals surface area contributed by atoms with Gasteiger partial charge in [-0.05, 0) is 80.8 Å². The van der Waals surface area contributed by atoms with Crippen LogP contribution in [0, 0.1) is 5.41 Å². The monoisotopic (exact) mass is 613 g/mol. The zero-order valence-corrected chi connectivity index (χ0v) is 25.8. The van der Waals surface area contributed by atoms with E-state index in [1.165, 1.54) is 4.90 Å². The number of carbonyl (C=O) groups is 4. The van der Waals surface area contributed by atoms with Crippen molar-refractivity contribution in [2.45, 2.75) is 46.1 Å². The van der Waals surface area contributed by atoms with E-state index in [2.05, 4.69) is 0 Å². The standard InChI is InChI=1S/C35H39N3O7/c1-4-43-31(39)12-9-21-38(30(35(42)44-5-2)23-25-10-7-6-8-11-25)33(40)24(3)22-26-13-15-28(16-14-26)34(41)45-29-19-17-27(18-20-29)32(36)37/h6-8,10-11,13-20,22,30H,4-5,9,12,21,23H2,1-3H3,(H3,36,37)/b24-22+/t30-/m0/s1. The molecule has 0 unspecified atom stereocenters. The van der Waals surface area contributed by atoms with Gasteiger partial charge < -0.3 is 24.8 Å². The smallest absolute Gasteiger partial charge is 0.343 e. The van der Waals surface area contributed by atoms with Gasteiger partial charge in [-0.15, -0.1) is 0 Å². The van der Waals surface area contributed by atoms with Gasteiger partial charge in [-0.3, -0.25) is 15.0 Å². The second-order valence-electron chi connectivity index (χ2n) is 10.1. The fraction of sp³-hybridized carbons (Fsp3) is 0.286. The number of ether oxygens (including phenoxy) is 3. The van der Waals surface area contributed by atoms with E-state index in [0.29, 0.717) is 34.4 Å². The summed E-state index contributed by atoms with van der Waals surface area (Å²) in [5.41, 5.74) is 8.15. The van der Waals surface area contributed by atoms with E-state index in [0.717, 1.165) is 5.56 Å². The molecule has 0 aromatic heterocycles. The number of hydrogen-bond donors (Lipinski definition) is 2. The highest BCUT2D eigenvalue weighted by molar-refractivity contribution is 6.00. The number of amides is 1. The Bertz CT molecular complexity index is 1500. The van der Waals surface area contributed by atoms with Gasteiger partial charge in [-0.2, -0.15) is 0 Å². The molecule has 0 aliphatic heterocycles. The number of carbonyl (C=O) groups excluding carboxylic acids is 4. The van der Waals surface area contributed by atoms with Gasteiger partial charge in [0.1, 0.15) is 17.6 Å². The Labute approximate surface area is 263 Å². The van der Waals surface area contributed by atoms with E-state index < -0.39 is 18.0 Å². The Kier molecular flexibility index (Phi) is 13.0. The van der Waals surface area contributed by atoms with Crippen LogP contribution in [0.25, 0.3) is 6.08 Å². The minimum absolute atomic E-state index is 0.0855. The third-order valence-electron chi connectivity index (χ3n) is 6.80. The summed E-state index contributed by atoms with van der Waals surface area (Å²) in [6.45, 7) is 5.63. The summed E-state index contributed by atoms with van der Waals surface area (Å²) >= 11 is 0. The minimum atomic E-state index is -0.910. The average Bonchev–Trinajstić information content (AvgIpc) is 3.03. The van der Waals surface area contributed by atoms with Gasteiger partial charge in [0.15, 0.2) is 0 Å². The topological polar surface area (TPSA) is 149 Å². The largest absolute Gasteiger partial charge is 0.466 e. The molecule has 0 radical (unpaired) electrons. The number of hydrogen-bond acceptors (Lipinski definition) is 8. The summed E-state index contributed by atoms with van der Waals surface area (Å²) in [7, 11) is 0. The highest BCUT2D eigenvalue weighted by Gasteiger charge is 2.32. The van der Waals surface area contributed by atoms with Crippen molar-refractivity contribution in [1.82, 2.24) is 4.90 Å². The van der Waals surface area contributed by atoms with Crippen molar-refractivity contribution >= 4 is 35.7 Å². The molecule has 0 bridgehead atoms. The van der Waals surface area contributed by atoms with Gasteiger partial charge in [0.05, 0.1) is 18.8 Å². The van der Waals surface area contributed by atoms with Crippen molar-refractivity contribution < 1.29 is 33.4 Å². The lowest BCUT2D eigenvalue weighted by Crippen LogP contribution is -2.48. The fourth-order valence-electron chi connectivity index (χ4n) is 4.54. The average molecular weight is 614 g/mol. The zero-order chi connectivity index (χ0) is 32.8. The first-order chi connectivity index (χ1) is 21.6. The molecule has 3 aromatic rings. The molecule has 0 spiro atoms. The Morgan fingerprint density at radius 3 is 2.09 bits per heavy atom. The molecule has 3 N–H and O–H groups in total. The molecule has 45 heavy (non-hydrogen) atoms. The molecule has 3 aromatic carbocycles. The molecule has 1 amide bonds. The van der Waals surface area contributed by atoms with Crippen LogP contribution in [-0.2, 0) is 30.3 Å². The lowest BCUT2D eigenvalue weighted by Gasteiger charge is -2.31. The number of rotatable bonds is 15. The second-order valence-corrected chi connectivity index (χ2v) is 10.1. The number of nitrogens with two attached hydrogens (primary N) is 1. The second kappa shape index (κ2) is 17.1. The van der Waals surface area contributed by atoms with Crippen molar-refractivity contribution in [1.29, 1.82) is 5.41 Å². The molecule has 0 fully saturated rings. The van der Waals surface area contributed by atoms with Crippen molar-refractivity contribution in [2.75, 3.05) is 19.8 Å². The molecule has 3 rings (SSSR count). The number of nitrogen functional groups attached to an aromatic ring is 1. The number of nitrogens with one attached hydrogen (secondary N) is 1. The number of esters is 3. The maximum absolute atomic E-state index is 13.9. The number of amidine groups is 1. The van der Waals surface area contributed by atoms with Gasteiger partial charge in [0.2, 0.25) is 5.91 Å². The molecule has 236 valence electrons. The van der Waals surface area contributed by atoms with Crippen LogP contribution in [0.1, 0.15) is 60.7 Å². The number of benzene rings is 3. The van der Waals surface area contributed by atoms with E-state index >= 15 is 0 Å². The molecular weight excluding hydrogens is 574 g/mol.